The smallest absolute Gasteiger partial charge is 0.0504 e. The second-order valence-corrected chi connectivity index (χ2v) is 4.42. The molecule has 0 aliphatic carbocycles. The second-order valence-electron chi connectivity index (χ2n) is 4.42. The van der Waals surface area contributed by atoms with Gasteiger partial charge < -0.3 is 4.98 Å². The first-order valence-corrected chi connectivity index (χ1v) is 6.01. The maximum atomic E-state index is 4.80. The zero-order valence-corrected chi connectivity index (χ0v) is 9.53. The number of nitrogens with one attached hydrogen (secondary N) is 1. The van der Waals surface area contributed by atoms with Crippen LogP contribution in [0.5, 0.6) is 0 Å². The molecule has 2 nitrogen and oxygen atoms in total. The predicted octanol–water partition coefficient (Wildman–Crippen LogP) is 3.53. The fourth-order valence-corrected chi connectivity index (χ4v) is 2.46. The van der Waals surface area contributed by atoms with Crippen LogP contribution in [0, 0.1) is 0 Å². The molecule has 1 aromatic heterocycles. The number of benzene rings is 1. The summed E-state index contributed by atoms with van der Waals surface area (Å²) < 4.78 is 0. The number of hydrogen-bond donors (Lipinski definition) is 1. The van der Waals surface area contributed by atoms with Crippen molar-refractivity contribution in [3.8, 4) is 0 Å². The highest BCUT2D eigenvalue weighted by molar-refractivity contribution is 6.11. The summed E-state index contributed by atoms with van der Waals surface area (Å²) in [5, 5.41) is 1.30. The number of fused-ring (bicyclic) bond motifs is 1. The molecule has 1 aromatic carbocycles. The van der Waals surface area contributed by atoms with Gasteiger partial charge in [-0.15, -0.1) is 0 Å². The maximum Gasteiger partial charge on any atom is 0.0504 e. The summed E-state index contributed by atoms with van der Waals surface area (Å²) in [4.78, 5) is 8.11. The number of nitrogens with zero attached hydrogens (tertiary/aromatic N) is 1. The van der Waals surface area contributed by atoms with E-state index in [-0.39, 0.29) is 0 Å². The molecule has 0 radical (unpaired) electrons. The highest BCUT2D eigenvalue weighted by Crippen LogP contribution is 2.25. The Kier molecular flexibility index (Phi) is 2.28. The molecule has 0 fully saturated rings. The number of rotatable bonds is 2. The van der Waals surface area contributed by atoms with Crippen molar-refractivity contribution in [1.29, 1.82) is 0 Å². The Morgan fingerprint density at radius 3 is 3.06 bits per heavy atom. The molecule has 2 aromatic rings. The second kappa shape index (κ2) is 3.78. The van der Waals surface area contributed by atoms with E-state index in [9.17, 15) is 0 Å². The first kappa shape index (κ1) is 9.64. The lowest BCUT2D eigenvalue weighted by Gasteiger charge is -1.98. The number of aromatic nitrogens is 1. The van der Waals surface area contributed by atoms with Crippen LogP contribution in [0.25, 0.3) is 10.9 Å². The third kappa shape index (κ3) is 1.45. The van der Waals surface area contributed by atoms with Crippen molar-refractivity contribution in [2.24, 2.45) is 4.99 Å². The van der Waals surface area contributed by atoms with E-state index in [0.29, 0.717) is 6.04 Å². The highest BCUT2D eigenvalue weighted by atomic mass is 14.8. The van der Waals surface area contributed by atoms with E-state index in [2.05, 4.69) is 42.4 Å². The van der Waals surface area contributed by atoms with Crippen molar-refractivity contribution in [3.63, 3.8) is 0 Å². The summed E-state index contributed by atoms with van der Waals surface area (Å²) in [5.74, 6) is 0. The van der Waals surface area contributed by atoms with Gasteiger partial charge in [-0.2, -0.15) is 0 Å². The Morgan fingerprint density at radius 1 is 1.38 bits per heavy atom. The van der Waals surface area contributed by atoms with Crippen molar-refractivity contribution >= 4 is 16.6 Å². The van der Waals surface area contributed by atoms with Gasteiger partial charge in [0.1, 0.15) is 0 Å². The van der Waals surface area contributed by atoms with Crippen molar-refractivity contribution in [3.05, 3.63) is 36.0 Å². The standard InChI is InChI=1S/C14H16N2/c1-2-10-7-8-14(16-10)12-9-15-13-6-4-3-5-11(12)13/h3-6,9-10,15H,2,7-8H2,1H3. The van der Waals surface area contributed by atoms with E-state index in [4.69, 9.17) is 4.99 Å². The van der Waals surface area contributed by atoms with E-state index in [1.165, 1.54) is 28.6 Å². The summed E-state index contributed by atoms with van der Waals surface area (Å²) in [6, 6.07) is 8.98. The molecule has 2 heteroatoms. The molecule has 16 heavy (non-hydrogen) atoms. The Hall–Kier alpha value is -1.57. The van der Waals surface area contributed by atoms with Crippen LogP contribution >= 0.6 is 0 Å². The van der Waals surface area contributed by atoms with Gasteiger partial charge in [-0.05, 0) is 25.3 Å². The molecule has 1 N–H and O–H groups in total. The van der Waals surface area contributed by atoms with Crippen LogP contribution in [-0.4, -0.2) is 16.7 Å². The van der Waals surface area contributed by atoms with E-state index < -0.39 is 0 Å². The van der Waals surface area contributed by atoms with Crippen LogP contribution in [0.4, 0.5) is 0 Å². The van der Waals surface area contributed by atoms with Gasteiger partial charge in [-0.3, -0.25) is 4.99 Å². The summed E-state index contributed by atoms with van der Waals surface area (Å²) in [6.45, 7) is 2.21. The zero-order chi connectivity index (χ0) is 11.0. The monoisotopic (exact) mass is 212 g/mol. The first-order chi connectivity index (χ1) is 7.88. The number of hydrogen-bond acceptors (Lipinski definition) is 1. The van der Waals surface area contributed by atoms with Gasteiger partial charge in [0.05, 0.1) is 6.04 Å². The van der Waals surface area contributed by atoms with Gasteiger partial charge in [0.25, 0.3) is 0 Å². The summed E-state index contributed by atoms with van der Waals surface area (Å²) in [5.41, 5.74) is 3.79. The van der Waals surface area contributed by atoms with E-state index >= 15 is 0 Å². The van der Waals surface area contributed by atoms with Crippen molar-refractivity contribution in [1.82, 2.24) is 4.98 Å². The number of aliphatic imine (C=N–C) groups is 1. The Morgan fingerprint density at radius 2 is 2.25 bits per heavy atom. The SMILES string of the molecule is CCC1CCC(c2c[nH]c3ccccc23)=N1. The molecule has 0 amide bonds. The first-order valence-electron chi connectivity index (χ1n) is 6.01. The van der Waals surface area contributed by atoms with Crippen LogP contribution in [0.15, 0.2) is 35.5 Å². The average molecular weight is 212 g/mol. The van der Waals surface area contributed by atoms with Gasteiger partial charge in [0.15, 0.2) is 0 Å². The molecule has 1 aliphatic heterocycles. The highest BCUT2D eigenvalue weighted by Gasteiger charge is 2.18. The molecular formula is C14H16N2. The minimum atomic E-state index is 0.545. The third-order valence-corrected chi connectivity index (χ3v) is 3.42. The lowest BCUT2D eigenvalue weighted by atomic mass is 10.1. The quantitative estimate of drug-likeness (QED) is 0.789. The zero-order valence-electron chi connectivity index (χ0n) is 9.53. The van der Waals surface area contributed by atoms with Crippen LogP contribution < -0.4 is 0 Å². The van der Waals surface area contributed by atoms with E-state index in [1.807, 2.05) is 0 Å². The van der Waals surface area contributed by atoms with E-state index in [1.54, 1.807) is 0 Å². The normalized spacial score (nSPS) is 20.3. The minimum Gasteiger partial charge on any atom is -0.360 e. The number of H-pyrrole nitrogens is 1. The van der Waals surface area contributed by atoms with Crippen LogP contribution in [0.2, 0.25) is 0 Å². The summed E-state index contributed by atoms with van der Waals surface area (Å²) >= 11 is 0. The van der Waals surface area contributed by atoms with Gasteiger partial charge in [0, 0.05) is 28.4 Å². The van der Waals surface area contributed by atoms with Crippen LogP contribution in [0.1, 0.15) is 31.7 Å². The van der Waals surface area contributed by atoms with Crippen LogP contribution in [0.3, 0.4) is 0 Å². The number of para-hydroxylation sites is 1. The average Bonchev–Trinajstić information content (AvgIpc) is 2.94. The molecule has 0 saturated carbocycles. The maximum absolute atomic E-state index is 4.80. The molecule has 1 aliphatic rings. The van der Waals surface area contributed by atoms with Crippen molar-refractivity contribution in [2.45, 2.75) is 32.2 Å². The fraction of sp³-hybridized carbons (Fsp3) is 0.357. The lowest BCUT2D eigenvalue weighted by Crippen LogP contribution is -1.94. The Bertz CT molecular complexity index is 536. The van der Waals surface area contributed by atoms with E-state index in [0.717, 1.165) is 12.8 Å². The fourth-order valence-electron chi connectivity index (χ4n) is 2.46. The van der Waals surface area contributed by atoms with Gasteiger partial charge in [0.2, 0.25) is 0 Å². The largest absolute Gasteiger partial charge is 0.360 e. The lowest BCUT2D eigenvalue weighted by molar-refractivity contribution is 0.649. The molecule has 82 valence electrons. The Labute approximate surface area is 95.4 Å². The molecule has 0 bridgehead atoms. The van der Waals surface area contributed by atoms with Gasteiger partial charge in [-0.25, -0.2) is 0 Å². The molecule has 0 spiro atoms. The molecule has 1 unspecified atom stereocenters. The van der Waals surface area contributed by atoms with Gasteiger partial charge in [-0.1, -0.05) is 25.1 Å². The molecule has 1 atom stereocenters. The van der Waals surface area contributed by atoms with Crippen molar-refractivity contribution < 1.29 is 0 Å². The molecule has 2 heterocycles. The number of aromatic amines is 1. The molecular weight excluding hydrogens is 196 g/mol. The topological polar surface area (TPSA) is 28.1 Å². The Balaban J connectivity index is 2.07. The minimum absolute atomic E-state index is 0.545. The summed E-state index contributed by atoms with van der Waals surface area (Å²) in [7, 11) is 0. The molecule has 0 saturated heterocycles. The predicted molar refractivity (Wildman–Crippen MR) is 68.1 cm³/mol. The molecule has 3 rings (SSSR count). The van der Waals surface area contributed by atoms with Crippen molar-refractivity contribution in [2.75, 3.05) is 0 Å². The van der Waals surface area contributed by atoms with Crippen LogP contribution in [-0.2, 0) is 0 Å². The van der Waals surface area contributed by atoms with Gasteiger partial charge >= 0.3 is 0 Å². The third-order valence-electron chi connectivity index (χ3n) is 3.42. The summed E-state index contributed by atoms with van der Waals surface area (Å²) in [6.07, 6.45) is 5.60.